The Hall–Kier alpha value is -3.96. The number of amides is 1. The highest BCUT2D eigenvalue weighted by Gasteiger charge is 2.37. The number of hydrogen-bond donors (Lipinski definition) is 0. The summed E-state index contributed by atoms with van der Waals surface area (Å²) in [5, 5.41) is 9.81. The number of rotatable bonds is 7. The lowest BCUT2D eigenvalue weighted by atomic mass is 10.1. The summed E-state index contributed by atoms with van der Waals surface area (Å²) in [5.41, 5.74) is 4.43. The van der Waals surface area contributed by atoms with Crippen LogP contribution < -0.4 is 9.64 Å². The van der Waals surface area contributed by atoms with E-state index in [1.165, 1.54) is 5.69 Å². The third-order valence-electron chi connectivity index (χ3n) is 7.45. The lowest BCUT2D eigenvalue weighted by Gasteiger charge is -2.28. The zero-order chi connectivity index (χ0) is 25.9. The summed E-state index contributed by atoms with van der Waals surface area (Å²) in [5.74, 6) is 1.75. The Balaban J connectivity index is 1.12. The van der Waals surface area contributed by atoms with E-state index in [1.54, 1.807) is 6.20 Å². The predicted molar refractivity (Wildman–Crippen MR) is 143 cm³/mol. The smallest absolute Gasteiger partial charge is 0.225 e. The Bertz CT molecular complexity index is 1340. The number of hydrogen-bond acceptors (Lipinski definition) is 7. The molecule has 1 unspecified atom stereocenters. The molecule has 0 spiro atoms. The molecule has 194 valence electrons. The Morgan fingerprint density at radius 2 is 1.87 bits per heavy atom. The number of nitriles is 1. The van der Waals surface area contributed by atoms with E-state index in [4.69, 9.17) is 14.5 Å². The van der Waals surface area contributed by atoms with Gasteiger partial charge in [-0.05, 0) is 54.8 Å². The standard InChI is InChI=1S/C30H31N5O3/c31-19-24-18-23(5-8-28(24)38-26-10-12-35(20-26)30(36)22-3-4-22)27-9-11-32-29(33-27)17-21-1-6-25(7-2-21)34-13-15-37-16-14-34/h1-2,5-9,11,18,22,26H,3-4,10,12-17,20H2. The van der Waals surface area contributed by atoms with E-state index in [0.29, 0.717) is 24.3 Å². The molecule has 3 fully saturated rings. The summed E-state index contributed by atoms with van der Waals surface area (Å²) in [6, 6.07) is 18.3. The molecular weight excluding hydrogens is 478 g/mol. The van der Waals surface area contributed by atoms with Gasteiger partial charge in [0.25, 0.3) is 0 Å². The molecule has 1 atom stereocenters. The first-order chi connectivity index (χ1) is 18.7. The molecular formula is C30H31N5O3. The second-order valence-corrected chi connectivity index (χ2v) is 10.2. The van der Waals surface area contributed by atoms with Crippen molar-refractivity contribution in [2.45, 2.75) is 31.8 Å². The quantitative estimate of drug-likeness (QED) is 0.478. The third-order valence-corrected chi connectivity index (χ3v) is 7.45. The van der Waals surface area contributed by atoms with E-state index in [2.05, 4.69) is 40.2 Å². The Kier molecular flexibility index (Phi) is 6.93. The molecule has 2 aromatic carbocycles. The molecule has 3 heterocycles. The van der Waals surface area contributed by atoms with Gasteiger partial charge in [-0.3, -0.25) is 4.79 Å². The maximum Gasteiger partial charge on any atom is 0.225 e. The highest BCUT2D eigenvalue weighted by molar-refractivity contribution is 5.81. The average Bonchev–Trinajstić information content (AvgIpc) is 3.72. The molecule has 1 amide bonds. The number of likely N-dealkylation sites (tertiary alicyclic amines) is 1. The van der Waals surface area contributed by atoms with Gasteiger partial charge in [-0.15, -0.1) is 0 Å². The summed E-state index contributed by atoms with van der Waals surface area (Å²) in [6.07, 6.45) is 5.10. The SMILES string of the molecule is N#Cc1cc(-c2ccnc(Cc3ccc(N4CCOCC4)cc3)n2)ccc1OC1CCN(C(=O)C2CC2)C1. The van der Waals surface area contributed by atoms with Crippen molar-refractivity contribution < 1.29 is 14.3 Å². The van der Waals surface area contributed by atoms with Gasteiger partial charge in [0.1, 0.15) is 23.7 Å². The van der Waals surface area contributed by atoms with Crippen molar-refractivity contribution in [2.24, 2.45) is 5.92 Å². The van der Waals surface area contributed by atoms with Crippen LogP contribution >= 0.6 is 0 Å². The largest absolute Gasteiger partial charge is 0.487 e. The van der Waals surface area contributed by atoms with Crippen molar-refractivity contribution in [1.29, 1.82) is 5.26 Å². The average molecular weight is 510 g/mol. The molecule has 8 nitrogen and oxygen atoms in total. The molecule has 8 heteroatoms. The van der Waals surface area contributed by atoms with Crippen LogP contribution in [0.25, 0.3) is 11.3 Å². The molecule has 0 bridgehead atoms. The summed E-state index contributed by atoms with van der Waals surface area (Å²) >= 11 is 0. The van der Waals surface area contributed by atoms with Gasteiger partial charge < -0.3 is 19.3 Å². The van der Waals surface area contributed by atoms with Crippen molar-refractivity contribution in [3.05, 3.63) is 71.7 Å². The van der Waals surface area contributed by atoms with Gasteiger partial charge >= 0.3 is 0 Å². The second kappa shape index (κ2) is 10.8. The van der Waals surface area contributed by atoms with Crippen LogP contribution in [0.3, 0.4) is 0 Å². The number of anilines is 1. The van der Waals surface area contributed by atoms with Crippen LogP contribution in [0.2, 0.25) is 0 Å². The van der Waals surface area contributed by atoms with E-state index >= 15 is 0 Å². The van der Waals surface area contributed by atoms with E-state index in [-0.39, 0.29) is 17.9 Å². The van der Waals surface area contributed by atoms with E-state index in [9.17, 15) is 10.1 Å². The number of benzene rings is 2. The highest BCUT2D eigenvalue weighted by Crippen LogP contribution is 2.33. The minimum absolute atomic E-state index is 0.0871. The summed E-state index contributed by atoms with van der Waals surface area (Å²) in [6.45, 7) is 4.67. The fourth-order valence-electron chi connectivity index (χ4n) is 5.15. The maximum absolute atomic E-state index is 12.4. The zero-order valence-electron chi connectivity index (χ0n) is 21.4. The zero-order valence-corrected chi connectivity index (χ0v) is 21.4. The minimum atomic E-state index is -0.0871. The number of carbonyl (C=O) groups is 1. The molecule has 38 heavy (non-hydrogen) atoms. The Morgan fingerprint density at radius 1 is 1.05 bits per heavy atom. The van der Waals surface area contributed by atoms with Gasteiger partial charge in [0.2, 0.25) is 5.91 Å². The van der Waals surface area contributed by atoms with Crippen LogP contribution in [0.5, 0.6) is 5.75 Å². The lowest BCUT2D eigenvalue weighted by Crippen LogP contribution is -2.36. The van der Waals surface area contributed by atoms with Crippen LogP contribution in [0.15, 0.2) is 54.7 Å². The summed E-state index contributed by atoms with van der Waals surface area (Å²) in [7, 11) is 0. The van der Waals surface area contributed by atoms with Gasteiger partial charge in [0, 0.05) is 55.8 Å². The normalized spacial score (nSPS) is 19.3. The van der Waals surface area contributed by atoms with Crippen molar-refractivity contribution in [3.8, 4) is 23.1 Å². The molecule has 1 saturated carbocycles. The Labute approximate surface area is 222 Å². The van der Waals surface area contributed by atoms with Crippen LogP contribution in [0, 0.1) is 17.2 Å². The summed E-state index contributed by atoms with van der Waals surface area (Å²) in [4.78, 5) is 25.8. The van der Waals surface area contributed by atoms with E-state index < -0.39 is 0 Å². The molecule has 2 aliphatic heterocycles. The first kappa shape index (κ1) is 24.4. The fraction of sp³-hybridized carbons (Fsp3) is 0.400. The van der Waals surface area contributed by atoms with Crippen LogP contribution in [-0.2, 0) is 16.0 Å². The van der Waals surface area contributed by atoms with Crippen molar-refractivity contribution in [2.75, 3.05) is 44.3 Å². The van der Waals surface area contributed by atoms with Crippen molar-refractivity contribution >= 4 is 11.6 Å². The first-order valence-corrected chi connectivity index (χ1v) is 13.4. The van der Waals surface area contributed by atoms with Crippen molar-refractivity contribution in [1.82, 2.24) is 14.9 Å². The molecule has 1 aromatic heterocycles. The molecule has 3 aliphatic rings. The molecule has 0 N–H and O–H groups in total. The fourth-order valence-corrected chi connectivity index (χ4v) is 5.15. The van der Waals surface area contributed by atoms with Crippen LogP contribution in [-0.4, -0.2) is 66.3 Å². The Morgan fingerprint density at radius 3 is 2.63 bits per heavy atom. The molecule has 6 rings (SSSR count). The molecule has 2 saturated heterocycles. The van der Waals surface area contributed by atoms with Gasteiger partial charge in [0.15, 0.2) is 0 Å². The van der Waals surface area contributed by atoms with Crippen LogP contribution in [0.4, 0.5) is 5.69 Å². The van der Waals surface area contributed by atoms with Gasteiger partial charge in [-0.25, -0.2) is 9.97 Å². The topological polar surface area (TPSA) is 91.6 Å². The number of aromatic nitrogens is 2. The predicted octanol–water partition coefficient (Wildman–Crippen LogP) is 3.83. The lowest BCUT2D eigenvalue weighted by molar-refractivity contribution is -0.131. The second-order valence-electron chi connectivity index (χ2n) is 10.2. The number of carbonyl (C=O) groups excluding carboxylic acids is 1. The van der Waals surface area contributed by atoms with Crippen molar-refractivity contribution in [3.63, 3.8) is 0 Å². The van der Waals surface area contributed by atoms with Gasteiger partial charge in [-0.2, -0.15) is 5.26 Å². The third kappa shape index (κ3) is 5.48. The van der Waals surface area contributed by atoms with Gasteiger partial charge in [0.05, 0.1) is 31.0 Å². The number of ether oxygens (including phenoxy) is 2. The van der Waals surface area contributed by atoms with E-state index in [1.807, 2.05) is 29.2 Å². The first-order valence-electron chi connectivity index (χ1n) is 13.4. The number of morpholine rings is 1. The molecule has 0 radical (unpaired) electrons. The van der Waals surface area contributed by atoms with Gasteiger partial charge in [-0.1, -0.05) is 12.1 Å². The summed E-state index contributed by atoms with van der Waals surface area (Å²) < 4.78 is 11.6. The van der Waals surface area contributed by atoms with Crippen LogP contribution in [0.1, 0.15) is 36.2 Å². The maximum atomic E-state index is 12.4. The molecule has 1 aliphatic carbocycles. The molecule has 3 aromatic rings. The highest BCUT2D eigenvalue weighted by atomic mass is 16.5. The minimum Gasteiger partial charge on any atom is -0.487 e. The van der Waals surface area contributed by atoms with E-state index in [0.717, 1.165) is 74.8 Å². The number of nitrogens with zero attached hydrogens (tertiary/aromatic N) is 5. The monoisotopic (exact) mass is 509 g/mol.